The molecule has 0 atom stereocenters. The molecule has 2 aromatic heterocycles. The summed E-state index contributed by atoms with van der Waals surface area (Å²) in [5.74, 6) is 1.88. The van der Waals surface area contributed by atoms with Crippen LogP contribution in [0.2, 0.25) is 0 Å². The fourth-order valence-electron chi connectivity index (χ4n) is 6.88. The third-order valence-electron chi connectivity index (χ3n) is 9.31. The maximum atomic E-state index is 6.27. The Labute approximate surface area is 299 Å². The zero-order chi connectivity index (χ0) is 33.0. The zero-order valence-electron chi connectivity index (χ0n) is 26.7. The second-order valence-electron chi connectivity index (χ2n) is 12.4. The molecule has 236 valence electrons. The Hall–Kier alpha value is -5.92. The maximum Gasteiger partial charge on any atom is -0.0544 e. The quantitative estimate of drug-likeness (QED) is 0.167. The van der Waals surface area contributed by atoms with Crippen LogP contribution in [-0.4, -0.2) is 15.0 Å². The molecule has 1 aliphatic rings. The van der Waals surface area contributed by atoms with Gasteiger partial charge < -0.3 is 0 Å². The number of fused-ring (bicyclic) bond motifs is 6. The SMILES string of the molecule is c1ccc(-c2ccccc2-c2cccc(-c3nc(-c4ccc5c(c4)-c4ccccc4[I-]5)nc(-c4ccc5c(c4)oc4ccccc45)n3)c2)cc1. The van der Waals surface area contributed by atoms with Gasteiger partial charge in [0.25, 0.3) is 0 Å². The number of nitrogens with zero attached hydrogens (tertiary/aromatic N) is 3. The van der Waals surface area contributed by atoms with Crippen LogP contribution in [0.15, 0.2) is 168 Å². The van der Waals surface area contributed by atoms with Gasteiger partial charge in [-0.2, -0.15) is 0 Å². The van der Waals surface area contributed by atoms with Crippen molar-refractivity contribution in [2.75, 3.05) is 0 Å². The van der Waals surface area contributed by atoms with E-state index in [2.05, 4.69) is 140 Å². The molecule has 0 saturated heterocycles. The third-order valence-corrected chi connectivity index (χ3v) is 12.4. The Bertz CT molecular complexity index is 2750. The summed E-state index contributed by atoms with van der Waals surface area (Å²) in [4.78, 5) is 15.4. The summed E-state index contributed by atoms with van der Waals surface area (Å²) in [6.45, 7) is 0. The van der Waals surface area contributed by atoms with Gasteiger partial charge in [-0.05, 0) is 11.6 Å². The summed E-state index contributed by atoms with van der Waals surface area (Å²) in [5, 5.41) is 2.17. The van der Waals surface area contributed by atoms with Crippen molar-refractivity contribution in [2.24, 2.45) is 0 Å². The van der Waals surface area contributed by atoms with Gasteiger partial charge in [-0.15, -0.1) is 0 Å². The van der Waals surface area contributed by atoms with Crippen molar-refractivity contribution in [1.29, 1.82) is 0 Å². The third kappa shape index (κ3) is 5.01. The van der Waals surface area contributed by atoms with E-state index in [4.69, 9.17) is 19.4 Å². The van der Waals surface area contributed by atoms with Crippen molar-refractivity contribution >= 4 is 21.9 Å². The van der Waals surface area contributed by atoms with E-state index in [9.17, 15) is 0 Å². The van der Waals surface area contributed by atoms with Crippen LogP contribution in [0.25, 0.3) is 89.5 Å². The average molecular weight is 753 g/mol. The van der Waals surface area contributed by atoms with Gasteiger partial charge in [-0.25, -0.2) is 0 Å². The first-order chi connectivity index (χ1) is 24.7. The van der Waals surface area contributed by atoms with Crippen molar-refractivity contribution in [2.45, 2.75) is 0 Å². The van der Waals surface area contributed by atoms with E-state index in [-0.39, 0.29) is 21.2 Å². The monoisotopic (exact) mass is 752 g/mol. The number of halogens is 1. The van der Waals surface area contributed by atoms with Gasteiger partial charge >= 0.3 is 223 Å². The Morgan fingerprint density at radius 1 is 0.340 bits per heavy atom. The molecular formula is C45H27IN3O-. The van der Waals surface area contributed by atoms with E-state index in [0.29, 0.717) is 17.5 Å². The molecule has 0 amide bonds. The molecule has 0 aliphatic carbocycles. The number of benzene rings is 7. The number of rotatable bonds is 5. The Balaban J connectivity index is 1.14. The smallest absolute Gasteiger partial charge is 0.0544 e. The first-order valence-corrected chi connectivity index (χ1v) is 18.7. The van der Waals surface area contributed by atoms with Crippen LogP contribution in [0.4, 0.5) is 0 Å². The summed E-state index contributed by atoms with van der Waals surface area (Å²) < 4.78 is 9.17. The molecule has 50 heavy (non-hydrogen) atoms. The standard InChI is InChI=1S/C45H27IN3O/c1-2-11-28(12-3-1)33-15-4-5-16-34(33)29-13-10-14-30(25-29)43-47-44(31-22-24-40-38(26-31)35-17-6-8-19-39(35)46-40)49-45(48-43)32-21-23-37-36-18-7-9-20-41(36)50-42(37)27-32/h1-27H/q-1. The van der Waals surface area contributed by atoms with Crippen molar-refractivity contribution in [3.05, 3.63) is 171 Å². The maximum absolute atomic E-state index is 6.27. The fraction of sp³-hybridized carbons (Fsp3) is 0. The van der Waals surface area contributed by atoms with Crippen LogP contribution < -0.4 is 21.2 Å². The van der Waals surface area contributed by atoms with E-state index in [1.54, 1.807) is 0 Å². The van der Waals surface area contributed by atoms with Crippen LogP contribution in [0.1, 0.15) is 0 Å². The van der Waals surface area contributed by atoms with Gasteiger partial charge in [0.05, 0.1) is 0 Å². The Morgan fingerprint density at radius 2 is 0.900 bits per heavy atom. The molecule has 7 aromatic carbocycles. The predicted octanol–water partition coefficient (Wildman–Crippen LogP) is 8.21. The van der Waals surface area contributed by atoms with E-state index in [1.807, 2.05) is 24.3 Å². The first kappa shape index (κ1) is 29.0. The van der Waals surface area contributed by atoms with Gasteiger partial charge in [-0.3, -0.25) is 0 Å². The van der Waals surface area contributed by atoms with Crippen LogP contribution in [0, 0.1) is 7.14 Å². The zero-order valence-corrected chi connectivity index (χ0v) is 28.9. The summed E-state index contributed by atoms with van der Waals surface area (Å²) in [7, 11) is 0. The number of para-hydroxylation sites is 1. The van der Waals surface area contributed by atoms with E-state index in [0.717, 1.165) is 49.8 Å². The number of hydrogen-bond acceptors (Lipinski definition) is 4. The molecule has 0 bridgehead atoms. The van der Waals surface area contributed by atoms with E-state index in [1.165, 1.54) is 29.4 Å². The van der Waals surface area contributed by atoms with Gasteiger partial charge in [0.2, 0.25) is 0 Å². The molecular weight excluding hydrogens is 725 g/mol. The van der Waals surface area contributed by atoms with Crippen LogP contribution in [0.5, 0.6) is 0 Å². The molecule has 0 spiro atoms. The normalized spacial score (nSPS) is 12.1. The first-order valence-electron chi connectivity index (χ1n) is 16.6. The van der Waals surface area contributed by atoms with E-state index < -0.39 is 0 Å². The topological polar surface area (TPSA) is 51.8 Å². The molecule has 0 N–H and O–H groups in total. The van der Waals surface area contributed by atoms with Crippen molar-refractivity contribution in [3.63, 3.8) is 0 Å². The van der Waals surface area contributed by atoms with Gasteiger partial charge in [0, 0.05) is 0 Å². The summed E-state index contributed by atoms with van der Waals surface area (Å²) in [6, 6.07) is 57.4. The number of furan rings is 1. The Morgan fingerprint density at radius 3 is 1.72 bits per heavy atom. The van der Waals surface area contributed by atoms with Gasteiger partial charge in [0.15, 0.2) is 0 Å². The average Bonchev–Trinajstić information content (AvgIpc) is 3.76. The molecule has 10 rings (SSSR count). The molecule has 5 heteroatoms. The van der Waals surface area contributed by atoms with Crippen molar-refractivity contribution in [3.8, 4) is 67.5 Å². The van der Waals surface area contributed by atoms with Crippen molar-refractivity contribution in [1.82, 2.24) is 15.0 Å². The molecule has 0 unspecified atom stereocenters. The summed E-state index contributed by atoms with van der Waals surface area (Å²) in [6.07, 6.45) is 0. The second-order valence-corrected chi connectivity index (χ2v) is 15.2. The van der Waals surface area contributed by atoms with Gasteiger partial charge in [-0.1, -0.05) is 66.7 Å². The second kappa shape index (κ2) is 11.9. The van der Waals surface area contributed by atoms with Crippen LogP contribution in [0.3, 0.4) is 0 Å². The van der Waals surface area contributed by atoms with E-state index >= 15 is 0 Å². The predicted molar refractivity (Wildman–Crippen MR) is 197 cm³/mol. The Kier molecular flexibility index (Phi) is 6.91. The number of aromatic nitrogens is 3. The molecule has 9 aromatic rings. The van der Waals surface area contributed by atoms with Crippen LogP contribution in [-0.2, 0) is 0 Å². The molecule has 4 nitrogen and oxygen atoms in total. The molecule has 0 saturated carbocycles. The molecule has 0 fully saturated rings. The van der Waals surface area contributed by atoms with Crippen molar-refractivity contribution < 1.29 is 25.6 Å². The molecule has 3 heterocycles. The molecule has 0 radical (unpaired) electrons. The largest absolute Gasteiger partial charge is 0.0617 e. The minimum atomic E-state index is -0.203. The fourth-order valence-corrected chi connectivity index (χ4v) is 9.75. The minimum absolute atomic E-state index is 0.203. The minimum Gasteiger partial charge on any atom is -0.0617 e. The summed E-state index contributed by atoms with van der Waals surface area (Å²) in [5.41, 5.74) is 11.7. The van der Waals surface area contributed by atoms with Crippen LogP contribution >= 0.6 is 0 Å². The van der Waals surface area contributed by atoms with Gasteiger partial charge in [0.1, 0.15) is 0 Å². The number of hydrogen-bond donors (Lipinski definition) is 0. The summed E-state index contributed by atoms with van der Waals surface area (Å²) >= 11 is -0.203. The molecule has 1 aliphatic heterocycles.